The van der Waals surface area contributed by atoms with Gasteiger partial charge in [-0.25, -0.2) is 4.98 Å². The van der Waals surface area contributed by atoms with Crippen molar-refractivity contribution in [3.05, 3.63) is 65.7 Å². The Morgan fingerprint density at radius 2 is 1.52 bits per heavy atom. The van der Waals surface area contributed by atoms with Gasteiger partial charge in [-0.2, -0.15) is 0 Å². The third-order valence-corrected chi connectivity index (χ3v) is 4.39. The van der Waals surface area contributed by atoms with E-state index in [1.807, 2.05) is 12.1 Å². The predicted octanol–water partition coefficient (Wildman–Crippen LogP) is 4.59. The van der Waals surface area contributed by atoms with Crippen LogP contribution in [-0.2, 0) is 6.54 Å². The first-order chi connectivity index (χ1) is 10.4. The van der Waals surface area contributed by atoms with Gasteiger partial charge in [0.25, 0.3) is 0 Å². The maximum atomic E-state index is 4.85. The molecule has 0 fully saturated rings. The van der Waals surface area contributed by atoms with E-state index in [1.165, 1.54) is 16.0 Å². The summed E-state index contributed by atoms with van der Waals surface area (Å²) in [6, 6.07) is 20.9. The molecule has 3 rings (SSSR count). The Balaban J connectivity index is 2.06. The molecule has 0 saturated heterocycles. The summed E-state index contributed by atoms with van der Waals surface area (Å²) in [4.78, 5) is 6.10. The summed E-state index contributed by atoms with van der Waals surface area (Å²) in [5.74, 6) is 0. The van der Waals surface area contributed by atoms with Crippen LogP contribution in [0.25, 0.3) is 21.7 Å². The van der Waals surface area contributed by atoms with Crippen LogP contribution in [-0.4, -0.2) is 11.5 Å². The molecule has 2 aromatic carbocycles. The number of thiazole rings is 1. The van der Waals surface area contributed by atoms with Crippen LogP contribution in [0.15, 0.2) is 60.7 Å². The first-order valence-electron chi connectivity index (χ1n) is 7.19. The van der Waals surface area contributed by atoms with Crippen LogP contribution in [0.1, 0.15) is 11.9 Å². The number of benzene rings is 2. The van der Waals surface area contributed by atoms with Crippen LogP contribution in [0, 0.1) is 0 Å². The minimum atomic E-state index is 0.827. The van der Waals surface area contributed by atoms with Crippen molar-refractivity contribution in [2.24, 2.45) is 0 Å². The maximum Gasteiger partial charge on any atom is 0.108 e. The Morgan fingerprint density at radius 3 is 2.14 bits per heavy atom. The first kappa shape index (κ1) is 14.0. The van der Waals surface area contributed by atoms with Crippen molar-refractivity contribution in [2.45, 2.75) is 13.5 Å². The van der Waals surface area contributed by atoms with Crippen molar-refractivity contribution < 1.29 is 0 Å². The lowest BCUT2D eigenvalue weighted by Gasteiger charge is -2.02. The lowest BCUT2D eigenvalue weighted by molar-refractivity contribution is 0.723. The van der Waals surface area contributed by atoms with Crippen molar-refractivity contribution in [2.75, 3.05) is 6.54 Å². The second kappa shape index (κ2) is 6.66. The Hall–Kier alpha value is -1.97. The molecule has 0 aliphatic carbocycles. The number of nitrogens with zero attached hydrogens (tertiary/aromatic N) is 1. The quantitative estimate of drug-likeness (QED) is 0.744. The monoisotopic (exact) mass is 294 g/mol. The molecular formula is C18H18N2S. The molecule has 0 spiro atoms. The summed E-state index contributed by atoms with van der Waals surface area (Å²) in [6.07, 6.45) is 0. The van der Waals surface area contributed by atoms with Gasteiger partial charge in [0, 0.05) is 12.1 Å². The maximum absolute atomic E-state index is 4.85. The average Bonchev–Trinajstić information content (AvgIpc) is 2.99. The molecular weight excluding hydrogens is 276 g/mol. The zero-order valence-electron chi connectivity index (χ0n) is 12.0. The zero-order chi connectivity index (χ0) is 14.5. The van der Waals surface area contributed by atoms with E-state index in [1.54, 1.807) is 11.3 Å². The molecule has 3 heteroatoms. The summed E-state index contributed by atoms with van der Waals surface area (Å²) in [5.41, 5.74) is 3.49. The van der Waals surface area contributed by atoms with Crippen molar-refractivity contribution in [3.8, 4) is 21.7 Å². The number of nitrogens with one attached hydrogen (secondary N) is 1. The molecule has 3 aromatic rings. The van der Waals surface area contributed by atoms with Gasteiger partial charge in [-0.15, -0.1) is 11.3 Å². The molecule has 0 radical (unpaired) electrons. The zero-order valence-corrected chi connectivity index (χ0v) is 12.9. The van der Waals surface area contributed by atoms with E-state index < -0.39 is 0 Å². The highest BCUT2D eigenvalue weighted by molar-refractivity contribution is 7.15. The molecule has 2 nitrogen and oxygen atoms in total. The molecule has 1 N–H and O–H groups in total. The van der Waals surface area contributed by atoms with E-state index >= 15 is 0 Å². The molecule has 0 saturated carbocycles. The Kier molecular flexibility index (Phi) is 4.43. The lowest BCUT2D eigenvalue weighted by Crippen LogP contribution is -2.11. The van der Waals surface area contributed by atoms with Crippen molar-refractivity contribution in [3.63, 3.8) is 0 Å². The SMILES string of the molecule is CCNCc1nc(-c2ccccc2)c(-c2ccccc2)s1. The Labute approximate surface area is 129 Å². The van der Waals surface area contributed by atoms with E-state index in [0.29, 0.717) is 0 Å². The van der Waals surface area contributed by atoms with Gasteiger partial charge in [-0.3, -0.25) is 0 Å². The first-order valence-corrected chi connectivity index (χ1v) is 8.01. The fourth-order valence-corrected chi connectivity index (χ4v) is 3.31. The highest BCUT2D eigenvalue weighted by Gasteiger charge is 2.14. The van der Waals surface area contributed by atoms with E-state index in [-0.39, 0.29) is 0 Å². The third kappa shape index (κ3) is 3.20. The normalized spacial score (nSPS) is 10.7. The van der Waals surface area contributed by atoms with Crippen LogP contribution < -0.4 is 5.32 Å². The fraction of sp³-hybridized carbons (Fsp3) is 0.167. The van der Waals surface area contributed by atoms with E-state index in [0.717, 1.165) is 23.8 Å². The van der Waals surface area contributed by atoms with Crippen LogP contribution in [0.5, 0.6) is 0 Å². The van der Waals surface area contributed by atoms with Crippen molar-refractivity contribution >= 4 is 11.3 Å². The van der Waals surface area contributed by atoms with Crippen molar-refractivity contribution in [1.82, 2.24) is 10.3 Å². The van der Waals surface area contributed by atoms with E-state index in [9.17, 15) is 0 Å². The largest absolute Gasteiger partial charge is 0.311 e. The molecule has 21 heavy (non-hydrogen) atoms. The minimum Gasteiger partial charge on any atom is -0.311 e. The predicted molar refractivity (Wildman–Crippen MR) is 90.4 cm³/mol. The summed E-state index contributed by atoms with van der Waals surface area (Å²) >= 11 is 1.77. The van der Waals surface area contributed by atoms with Gasteiger partial charge in [-0.1, -0.05) is 67.6 Å². The molecule has 0 amide bonds. The summed E-state index contributed by atoms with van der Waals surface area (Å²) in [7, 11) is 0. The number of hydrogen-bond donors (Lipinski definition) is 1. The van der Waals surface area contributed by atoms with Crippen molar-refractivity contribution in [1.29, 1.82) is 0 Å². The van der Waals surface area contributed by atoms with E-state index in [4.69, 9.17) is 4.98 Å². The van der Waals surface area contributed by atoms with E-state index in [2.05, 4.69) is 60.8 Å². The van der Waals surface area contributed by atoms with Gasteiger partial charge in [0.1, 0.15) is 5.01 Å². The number of aromatic nitrogens is 1. The van der Waals surface area contributed by atoms with Gasteiger partial charge < -0.3 is 5.32 Å². The average molecular weight is 294 g/mol. The van der Waals surface area contributed by atoms with Crippen LogP contribution in [0.3, 0.4) is 0 Å². The number of hydrogen-bond acceptors (Lipinski definition) is 3. The molecule has 0 atom stereocenters. The second-order valence-electron chi connectivity index (χ2n) is 4.80. The highest BCUT2D eigenvalue weighted by Crippen LogP contribution is 2.36. The topological polar surface area (TPSA) is 24.9 Å². The third-order valence-electron chi connectivity index (χ3n) is 3.28. The minimum absolute atomic E-state index is 0.827. The van der Waals surface area contributed by atoms with Crippen LogP contribution >= 0.6 is 11.3 Å². The Bertz CT molecular complexity index is 633. The standard InChI is InChI=1S/C18H18N2S/c1-2-19-13-16-20-17(14-9-5-3-6-10-14)18(21-16)15-11-7-4-8-12-15/h3-12,19H,2,13H2,1H3. The lowest BCUT2D eigenvalue weighted by atomic mass is 10.1. The smallest absolute Gasteiger partial charge is 0.108 e. The summed E-state index contributed by atoms with van der Waals surface area (Å²) < 4.78 is 0. The molecule has 0 unspecified atom stereocenters. The molecule has 0 aliphatic heterocycles. The van der Waals surface area contributed by atoms with Gasteiger partial charge in [0.15, 0.2) is 0 Å². The number of rotatable bonds is 5. The molecule has 106 valence electrons. The van der Waals surface area contributed by atoms with Gasteiger partial charge in [0.2, 0.25) is 0 Å². The molecule has 1 heterocycles. The molecule has 0 bridgehead atoms. The molecule has 0 aliphatic rings. The van der Waals surface area contributed by atoms with Crippen LogP contribution in [0.2, 0.25) is 0 Å². The highest BCUT2D eigenvalue weighted by atomic mass is 32.1. The summed E-state index contributed by atoms with van der Waals surface area (Å²) in [5, 5.41) is 4.49. The van der Waals surface area contributed by atoms with Gasteiger partial charge >= 0.3 is 0 Å². The van der Waals surface area contributed by atoms with Gasteiger partial charge in [0.05, 0.1) is 10.6 Å². The fourth-order valence-electron chi connectivity index (χ4n) is 2.25. The molecule has 1 aromatic heterocycles. The van der Waals surface area contributed by atoms with Gasteiger partial charge in [-0.05, 0) is 12.1 Å². The Morgan fingerprint density at radius 1 is 0.905 bits per heavy atom. The summed E-state index contributed by atoms with van der Waals surface area (Å²) in [6.45, 7) is 3.90. The van der Waals surface area contributed by atoms with Crippen LogP contribution in [0.4, 0.5) is 0 Å². The second-order valence-corrected chi connectivity index (χ2v) is 5.88.